The third kappa shape index (κ3) is 5.52. The van der Waals surface area contributed by atoms with Gasteiger partial charge in [0.2, 0.25) is 0 Å². The van der Waals surface area contributed by atoms with E-state index in [1.807, 2.05) is 17.8 Å². The summed E-state index contributed by atoms with van der Waals surface area (Å²) in [7, 11) is 0. The molecule has 0 spiro atoms. The maximum atomic E-state index is 5.28. The van der Waals surface area contributed by atoms with Crippen molar-refractivity contribution in [1.29, 1.82) is 0 Å². The molecule has 17 heavy (non-hydrogen) atoms. The lowest BCUT2D eigenvalue weighted by Gasteiger charge is -2.08. The van der Waals surface area contributed by atoms with Crippen LogP contribution >= 0.6 is 12.4 Å². The van der Waals surface area contributed by atoms with Gasteiger partial charge in [0.25, 0.3) is 0 Å². The summed E-state index contributed by atoms with van der Waals surface area (Å²) in [4.78, 5) is 0. The van der Waals surface area contributed by atoms with Crippen molar-refractivity contribution in [3.05, 3.63) is 17.5 Å². The molecule has 0 fully saturated rings. The van der Waals surface area contributed by atoms with E-state index in [4.69, 9.17) is 4.74 Å². The van der Waals surface area contributed by atoms with Crippen LogP contribution in [0.25, 0.3) is 0 Å². The lowest BCUT2D eigenvalue weighted by Crippen LogP contribution is -2.19. The topological polar surface area (TPSA) is 39.1 Å². The zero-order valence-corrected chi connectivity index (χ0v) is 11.8. The Morgan fingerprint density at radius 3 is 2.82 bits per heavy atom. The van der Waals surface area contributed by atoms with Crippen LogP contribution < -0.4 is 5.32 Å². The van der Waals surface area contributed by atoms with Crippen molar-refractivity contribution >= 4 is 12.4 Å². The van der Waals surface area contributed by atoms with Gasteiger partial charge in [-0.05, 0) is 39.3 Å². The molecule has 0 saturated carbocycles. The zero-order chi connectivity index (χ0) is 11.8. The molecule has 5 heteroatoms. The summed E-state index contributed by atoms with van der Waals surface area (Å²) in [5, 5.41) is 7.74. The number of nitrogens with one attached hydrogen (secondary N) is 1. The van der Waals surface area contributed by atoms with Gasteiger partial charge in [-0.1, -0.05) is 0 Å². The van der Waals surface area contributed by atoms with E-state index in [1.165, 1.54) is 11.3 Å². The number of hydrogen-bond acceptors (Lipinski definition) is 3. The zero-order valence-electron chi connectivity index (χ0n) is 11.0. The Balaban J connectivity index is 0.00000256. The average molecular weight is 262 g/mol. The third-order valence-electron chi connectivity index (χ3n) is 2.60. The smallest absolute Gasteiger partial charge is 0.0551 e. The number of aromatic nitrogens is 2. The van der Waals surface area contributed by atoms with E-state index in [0.717, 1.165) is 39.3 Å². The molecule has 0 saturated heterocycles. The minimum absolute atomic E-state index is 0. The van der Waals surface area contributed by atoms with E-state index >= 15 is 0 Å². The molecule has 4 nitrogen and oxygen atoms in total. The second-order valence-corrected chi connectivity index (χ2v) is 3.82. The van der Waals surface area contributed by atoms with Crippen molar-refractivity contribution in [3.8, 4) is 0 Å². The van der Waals surface area contributed by atoms with Gasteiger partial charge in [-0.25, -0.2) is 0 Å². The first-order valence-corrected chi connectivity index (χ1v) is 6.09. The van der Waals surface area contributed by atoms with Crippen molar-refractivity contribution < 1.29 is 4.74 Å². The molecule has 0 amide bonds. The highest BCUT2D eigenvalue weighted by Crippen LogP contribution is 2.06. The average Bonchev–Trinajstić information content (AvgIpc) is 2.65. The van der Waals surface area contributed by atoms with E-state index in [-0.39, 0.29) is 12.4 Å². The number of rotatable bonds is 8. The van der Waals surface area contributed by atoms with Crippen LogP contribution in [-0.2, 0) is 17.8 Å². The van der Waals surface area contributed by atoms with Crippen LogP contribution in [0.4, 0.5) is 0 Å². The van der Waals surface area contributed by atoms with Crippen LogP contribution in [0.5, 0.6) is 0 Å². The molecule has 100 valence electrons. The molecule has 0 bridgehead atoms. The predicted molar refractivity (Wildman–Crippen MR) is 72.7 cm³/mol. The Morgan fingerprint density at radius 1 is 1.41 bits per heavy atom. The van der Waals surface area contributed by atoms with E-state index in [1.54, 1.807) is 0 Å². The Morgan fingerprint density at radius 2 is 2.18 bits per heavy atom. The van der Waals surface area contributed by atoms with Crippen molar-refractivity contribution in [3.63, 3.8) is 0 Å². The molecule has 1 aromatic rings. The second-order valence-electron chi connectivity index (χ2n) is 3.82. The molecular weight excluding hydrogens is 238 g/mol. The van der Waals surface area contributed by atoms with Gasteiger partial charge in [0, 0.05) is 26.3 Å². The molecule has 0 aliphatic heterocycles. The largest absolute Gasteiger partial charge is 0.382 e. The molecule has 0 aliphatic rings. The normalized spacial score (nSPS) is 10.3. The quantitative estimate of drug-likeness (QED) is 0.729. The molecule has 0 aliphatic carbocycles. The maximum absolute atomic E-state index is 5.28. The highest BCUT2D eigenvalue weighted by Gasteiger charge is 2.04. The first-order valence-electron chi connectivity index (χ1n) is 6.09. The molecule has 0 unspecified atom stereocenters. The molecule has 1 rings (SSSR count). The molecule has 0 atom stereocenters. The fourth-order valence-corrected chi connectivity index (χ4v) is 1.66. The van der Waals surface area contributed by atoms with E-state index in [2.05, 4.69) is 24.3 Å². The summed E-state index contributed by atoms with van der Waals surface area (Å²) < 4.78 is 7.33. The second kappa shape index (κ2) is 9.45. The summed E-state index contributed by atoms with van der Waals surface area (Å²) in [6.07, 6.45) is 2.99. The van der Waals surface area contributed by atoms with Crippen molar-refractivity contribution in [2.24, 2.45) is 0 Å². The molecule has 1 aromatic heterocycles. The number of aryl methyl sites for hydroxylation is 2. The van der Waals surface area contributed by atoms with E-state index < -0.39 is 0 Å². The van der Waals surface area contributed by atoms with Gasteiger partial charge in [-0.15, -0.1) is 12.4 Å². The van der Waals surface area contributed by atoms with Crippen LogP contribution in [0, 0.1) is 6.92 Å². The summed E-state index contributed by atoms with van der Waals surface area (Å²) in [5.74, 6) is 0. The minimum Gasteiger partial charge on any atom is -0.382 e. The summed E-state index contributed by atoms with van der Waals surface area (Å²) in [5.41, 5.74) is 2.55. The fraction of sp³-hybridized carbons (Fsp3) is 0.750. The summed E-state index contributed by atoms with van der Waals surface area (Å²) in [6.45, 7) is 10.7. The van der Waals surface area contributed by atoms with E-state index in [9.17, 15) is 0 Å². The Labute approximate surface area is 110 Å². The molecule has 1 heterocycles. The molecule has 0 aromatic carbocycles. The standard InChI is InChI=1S/C12H23N3O.ClH/c1-4-15-12(11(3)9-14-15)10-13-7-6-8-16-5-2;/h9,13H,4-8,10H2,1-3H3;1H. The van der Waals surface area contributed by atoms with Gasteiger partial charge >= 0.3 is 0 Å². The predicted octanol–water partition coefficient (Wildman–Crippen LogP) is 2.15. The van der Waals surface area contributed by atoms with E-state index in [0.29, 0.717) is 0 Å². The monoisotopic (exact) mass is 261 g/mol. The van der Waals surface area contributed by atoms with Crippen molar-refractivity contribution in [2.45, 2.75) is 40.3 Å². The Kier molecular flexibility index (Phi) is 9.13. The van der Waals surface area contributed by atoms with Crippen LogP contribution in [-0.4, -0.2) is 29.5 Å². The SMILES string of the molecule is CCOCCCNCc1c(C)cnn1CC.Cl. The van der Waals surface area contributed by atoms with Gasteiger partial charge in [-0.3, -0.25) is 4.68 Å². The molecule has 1 N–H and O–H groups in total. The van der Waals surface area contributed by atoms with Gasteiger partial charge in [0.1, 0.15) is 0 Å². The van der Waals surface area contributed by atoms with Crippen molar-refractivity contribution in [1.82, 2.24) is 15.1 Å². The highest BCUT2D eigenvalue weighted by molar-refractivity contribution is 5.85. The number of hydrogen-bond donors (Lipinski definition) is 1. The first kappa shape index (κ1) is 16.4. The maximum Gasteiger partial charge on any atom is 0.0551 e. The van der Waals surface area contributed by atoms with Crippen LogP contribution in [0.15, 0.2) is 6.20 Å². The van der Waals surface area contributed by atoms with Gasteiger partial charge in [0.15, 0.2) is 0 Å². The number of ether oxygens (including phenoxy) is 1. The molecule has 0 radical (unpaired) electrons. The summed E-state index contributed by atoms with van der Waals surface area (Å²) >= 11 is 0. The lowest BCUT2D eigenvalue weighted by molar-refractivity contribution is 0.144. The molecular formula is C12H24ClN3O. The lowest BCUT2D eigenvalue weighted by atomic mass is 10.2. The Hall–Kier alpha value is -0.580. The van der Waals surface area contributed by atoms with Gasteiger partial charge < -0.3 is 10.1 Å². The van der Waals surface area contributed by atoms with Crippen LogP contribution in [0.2, 0.25) is 0 Å². The van der Waals surface area contributed by atoms with Gasteiger partial charge in [0.05, 0.1) is 11.9 Å². The number of halogens is 1. The highest BCUT2D eigenvalue weighted by atomic mass is 35.5. The van der Waals surface area contributed by atoms with Crippen molar-refractivity contribution in [2.75, 3.05) is 19.8 Å². The first-order chi connectivity index (χ1) is 7.79. The Bertz CT molecular complexity index is 302. The fourth-order valence-electron chi connectivity index (χ4n) is 1.66. The van der Waals surface area contributed by atoms with Crippen LogP contribution in [0.3, 0.4) is 0 Å². The van der Waals surface area contributed by atoms with Crippen LogP contribution in [0.1, 0.15) is 31.5 Å². The summed E-state index contributed by atoms with van der Waals surface area (Å²) in [6, 6.07) is 0. The number of nitrogens with zero attached hydrogens (tertiary/aromatic N) is 2. The third-order valence-corrected chi connectivity index (χ3v) is 2.60. The van der Waals surface area contributed by atoms with Gasteiger partial charge in [-0.2, -0.15) is 5.10 Å². The minimum atomic E-state index is 0.